The van der Waals surface area contributed by atoms with Crippen LogP contribution >= 0.6 is 11.8 Å². The molecule has 0 amide bonds. The molecule has 0 saturated heterocycles. The highest BCUT2D eigenvalue weighted by molar-refractivity contribution is 8.03. The molecule has 1 aromatic rings. The summed E-state index contributed by atoms with van der Waals surface area (Å²) in [6, 6.07) is 6.89. The van der Waals surface area contributed by atoms with Crippen LogP contribution in [0, 0.1) is 0 Å². The van der Waals surface area contributed by atoms with Gasteiger partial charge in [-0.15, -0.1) is 0 Å². The van der Waals surface area contributed by atoms with Gasteiger partial charge in [0.1, 0.15) is 14.1 Å². The molecular weight excluding hydrogens is 266 g/mol. The first-order valence-corrected chi connectivity index (χ1v) is 7.56. The Bertz CT molecular complexity index is 637. The molecule has 3 nitrogen and oxygen atoms in total. The molecule has 0 spiro atoms. The molecule has 1 atom stereocenters. The van der Waals surface area contributed by atoms with E-state index < -0.39 is 0 Å². The predicted molar refractivity (Wildman–Crippen MR) is 88.4 cm³/mol. The molecule has 0 bridgehead atoms. The van der Waals surface area contributed by atoms with Gasteiger partial charge < -0.3 is 10.2 Å². The monoisotopic (exact) mass is 286 g/mol. The van der Waals surface area contributed by atoms with E-state index >= 15 is 0 Å². The molecule has 0 radical (unpaired) electrons. The van der Waals surface area contributed by atoms with E-state index in [1.807, 2.05) is 11.8 Å². The Morgan fingerprint density at radius 2 is 2.05 bits per heavy atom. The number of fused-ring (bicyclic) bond motifs is 2. The lowest BCUT2D eigenvalue weighted by Gasteiger charge is -2.29. The average molecular weight is 286 g/mol. The summed E-state index contributed by atoms with van der Waals surface area (Å²) in [6.45, 7) is 0. The van der Waals surface area contributed by atoms with Crippen molar-refractivity contribution in [2.24, 2.45) is 0 Å². The van der Waals surface area contributed by atoms with Gasteiger partial charge in [-0.3, -0.25) is 0 Å². The smallest absolute Gasteiger partial charge is 0.200 e. The van der Waals surface area contributed by atoms with Crippen LogP contribution in [-0.2, 0) is 0 Å². The fourth-order valence-electron chi connectivity index (χ4n) is 2.35. The van der Waals surface area contributed by atoms with Crippen LogP contribution in [0.1, 0.15) is 0 Å². The van der Waals surface area contributed by atoms with Gasteiger partial charge in [0.05, 0.1) is 6.04 Å². The lowest BCUT2D eigenvalue weighted by Crippen LogP contribution is -2.26. The third-order valence-corrected chi connectivity index (χ3v) is 4.76. The van der Waals surface area contributed by atoms with Crippen LogP contribution in [0.5, 0.6) is 0 Å². The van der Waals surface area contributed by atoms with Crippen LogP contribution in [0.3, 0.4) is 0 Å². The molecule has 1 N–H and O–H groups in total. The lowest BCUT2D eigenvalue weighted by molar-refractivity contribution is -0.462. The maximum atomic E-state index is 3.60. The van der Waals surface area contributed by atoms with Crippen LogP contribution in [-0.4, -0.2) is 44.5 Å². The van der Waals surface area contributed by atoms with E-state index in [9.17, 15) is 0 Å². The minimum atomic E-state index is 0.307. The van der Waals surface area contributed by atoms with E-state index in [-0.39, 0.29) is 0 Å². The molecule has 20 heavy (non-hydrogen) atoms. The first kappa shape index (κ1) is 13.3. The fourth-order valence-corrected chi connectivity index (χ4v) is 3.47. The first-order valence-electron chi connectivity index (χ1n) is 6.74. The number of anilines is 2. The lowest BCUT2D eigenvalue weighted by atomic mass is 10.1. The zero-order valence-electron chi connectivity index (χ0n) is 12.3. The number of thioether (sulfide) groups is 1. The van der Waals surface area contributed by atoms with Gasteiger partial charge in [0.15, 0.2) is 5.71 Å². The Morgan fingerprint density at radius 1 is 1.25 bits per heavy atom. The molecule has 0 saturated carbocycles. The maximum absolute atomic E-state index is 3.60. The van der Waals surface area contributed by atoms with Crippen LogP contribution in [0.25, 0.3) is 0 Å². The van der Waals surface area contributed by atoms with Crippen LogP contribution in [0.15, 0.2) is 46.2 Å². The van der Waals surface area contributed by atoms with Crippen LogP contribution in [0.2, 0.25) is 0 Å². The van der Waals surface area contributed by atoms with Crippen molar-refractivity contribution < 1.29 is 4.58 Å². The summed E-state index contributed by atoms with van der Waals surface area (Å²) in [7, 11) is 8.31. The molecule has 1 aromatic carbocycles. The number of hydrogen-bond acceptors (Lipinski definition) is 3. The zero-order chi connectivity index (χ0) is 14.3. The van der Waals surface area contributed by atoms with Crippen LogP contribution in [0.4, 0.5) is 11.4 Å². The minimum absolute atomic E-state index is 0.307. The van der Waals surface area contributed by atoms with Crippen LogP contribution < -0.4 is 10.2 Å². The molecule has 0 unspecified atom stereocenters. The van der Waals surface area contributed by atoms with E-state index in [1.54, 1.807) is 0 Å². The Morgan fingerprint density at radius 3 is 2.75 bits per heavy atom. The summed E-state index contributed by atoms with van der Waals surface area (Å²) in [5.74, 6) is 0. The Hall–Kier alpha value is -1.68. The fraction of sp³-hybridized carbons (Fsp3) is 0.312. The molecular formula is C16H20N3S+. The van der Waals surface area contributed by atoms with Crippen molar-refractivity contribution >= 4 is 28.8 Å². The number of benzene rings is 1. The Balaban J connectivity index is 1.98. The highest BCUT2D eigenvalue weighted by Crippen LogP contribution is 2.43. The second-order valence-electron chi connectivity index (χ2n) is 5.52. The molecule has 1 aliphatic carbocycles. The van der Waals surface area contributed by atoms with Gasteiger partial charge in [-0.1, -0.05) is 17.8 Å². The van der Waals surface area contributed by atoms with Gasteiger partial charge in [-0.2, -0.15) is 0 Å². The highest BCUT2D eigenvalue weighted by Gasteiger charge is 2.25. The minimum Gasteiger partial charge on any atom is -0.378 e. The topological polar surface area (TPSA) is 18.3 Å². The number of allylic oxidation sites excluding steroid dienone is 2. The third-order valence-electron chi connectivity index (χ3n) is 3.59. The number of hydrogen-bond donors (Lipinski definition) is 1. The van der Waals surface area contributed by atoms with E-state index in [0.717, 1.165) is 0 Å². The Kier molecular flexibility index (Phi) is 3.34. The average Bonchev–Trinajstić information content (AvgIpc) is 2.43. The number of nitrogens with one attached hydrogen (secondary N) is 1. The van der Waals surface area contributed by atoms with Crippen molar-refractivity contribution in [3.05, 3.63) is 41.3 Å². The van der Waals surface area contributed by atoms with Gasteiger partial charge in [0, 0.05) is 47.4 Å². The summed E-state index contributed by atoms with van der Waals surface area (Å²) in [5.41, 5.74) is 3.71. The summed E-state index contributed by atoms with van der Waals surface area (Å²) in [6.07, 6.45) is 6.69. The maximum Gasteiger partial charge on any atom is 0.200 e. The van der Waals surface area contributed by atoms with Crippen molar-refractivity contribution in [1.82, 2.24) is 0 Å². The molecule has 2 aliphatic rings. The van der Waals surface area contributed by atoms with Gasteiger partial charge in [0.2, 0.25) is 0 Å². The predicted octanol–water partition coefficient (Wildman–Crippen LogP) is 2.81. The van der Waals surface area contributed by atoms with E-state index in [1.165, 1.54) is 26.9 Å². The van der Waals surface area contributed by atoms with E-state index in [2.05, 4.69) is 79.4 Å². The molecule has 104 valence electrons. The molecule has 3 rings (SSSR count). The van der Waals surface area contributed by atoms with Crippen molar-refractivity contribution in [2.45, 2.75) is 10.9 Å². The molecule has 0 fully saturated rings. The second-order valence-corrected chi connectivity index (χ2v) is 6.64. The van der Waals surface area contributed by atoms with Crippen molar-refractivity contribution in [2.75, 3.05) is 38.4 Å². The summed E-state index contributed by atoms with van der Waals surface area (Å²) in [5, 5.41) is 3.60. The summed E-state index contributed by atoms with van der Waals surface area (Å²) in [4.78, 5) is 4.80. The van der Waals surface area contributed by atoms with Gasteiger partial charge in [0.25, 0.3) is 0 Å². The Labute approximate surface area is 124 Å². The normalized spacial score (nSPS) is 19.7. The van der Waals surface area contributed by atoms with Gasteiger partial charge in [-0.05, 0) is 18.2 Å². The molecule has 0 aromatic heterocycles. The second kappa shape index (κ2) is 5.02. The number of rotatable bonds is 1. The first-order chi connectivity index (χ1) is 9.54. The molecule has 1 aliphatic heterocycles. The number of nitrogens with zero attached hydrogens (tertiary/aromatic N) is 2. The van der Waals surface area contributed by atoms with Gasteiger partial charge >= 0.3 is 0 Å². The van der Waals surface area contributed by atoms with Crippen molar-refractivity contribution in [3.63, 3.8) is 0 Å². The highest BCUT2D eigenvalue weighted by atomic mass is 32.2. The summed E-state index contributed by atoms with van der Waals surface area (Å²) >= 11 is 1.87. The largest absolute Gasteiger partial charge is 0.378 e. The molecule has 1 heterocycles. The summed E-state index contributed by atoms with van der Waals surface area (Å²) < 4.78 is 2.14. The quantitative estimate of drug-likeness (QED) is 0.801. The third kappa shape index (κ3) is 2.36. The zero-order valence-corrected chi connectivity index (χ0v) is 13.2. The molecule has 4 heteroatoms. The standard InChI is InChI=1S/C16H20N3S/c1-18(2)11-5-7-13-15(9-11)20-16-10-12(19(3)4)6-8-14(16)17-13/h5-10,13,17H,1-4H3/q+1/t13-/m1/s1. The van der Waals surface area contributed by atoms with Crippen molar-refractivity contribution in [3.8, 4) is 0 Å². The van der Waals surface area contributed by atoms with Crippen molar-refractivity contribution in [1.29, 1.82) is 0 Å². The van der Waals surface area contributed by atoms with E-state index in [0.29, 0.717) is 6.04 Å². The SMILES string of the molecule is CN(C)c1ccc2c(c1)SC1=CC(=[N+](C)C)C=C[C@H]1N2. The van der Waals surface area contributed by atoms with Gasteiger partial charge in [-0.25, -0.2) is 4.58 Å². The van der Waals surface area contributed by atoms with E-state index in [4.69, 9.17) is 0 Å².